The van der Waals surface area contributed by atoms with Crippen molar-refractivity contribution >= 4 is 11.6 Å². The Morgan fingerprint density at radius 2 is 1.88 bits per heavy atom. The van der Waals surface area contributed by atoms with Crippen LogP contribution in [0.15, 0.2) is 36.7 Å². The molecule has 0 saturated carbocycles. The van der Waals surface area contributed by atoms with Crippen LogP contribution < -0.4 is 4.74 Å². The van der Waals surface area contributed by atoms with E-state index < -0.39 is 0 Å². The van der Waals surface area contributed by atoms with Crippen molar-refractivity contribution in [3.63, 3.8) is 0 Å². The lowest BCUT2D eigenvalue weighted by Gasteiger charge is -2.04. The second kappa shape index (κ2) is 4.94. The monoisotopic (exact) mass is 234 g/mol. The first-order valence-corrected chi connectivity index (χ1v) is 5.38. The van der Waals surface area contributed by atoms with E-state index >= 15 is 0 Å². The van der Waals surface area contributed by atoms with Crippen LogP contribution in [0.4, 0.5) is 0 Å². The van der Waals surface area contributed by atoms with Gasteiger partial charge in [-0.1, -0.05) is 11.6 Å². The summed E-state index contributed by atoms with van der Waals surface area (Å²) in [5, 5.41) is 0.398. The van der Waals surface area contributed by atoms with E-state index in [0.29, 0.717) is 11.8 Å². The van der Waals surface area contributed by atoms with Crippen molar-refractivity contribution in [2.45, 2.75) is 6.92 Å². The van der Waals surface area contributed by atoms with Gasteiger partial charge in [0.25, 0.3) is 0 Å². The Bertz CT molecular complexity index is 453. The van der Waals surface area contributed by atoms with E-state index in [1.54, 1.807) is 6.20 Å². The third-order valence-corrected chi connectivity index (χ3v) is 2.28. The summed E-state index contributed by atoms with van der Waals surface area (Å²) in [5.74, 6) is 0.855. The van der Waals surface area contributed by atoms with Crippen LogP contribution in [0.25, 0.3) is 11.3 Å². The van der Waals surface area contributed by atoms with Gasteiger partial charge in [-0.15, -0.1) is 0 Å². The Kier molecular flexibility index (Phi) is 3.37. The van der Waals surface area contributed by atoms with Crippen molar-refractivity contribution in [3.8, 4) is 17.0 Å². The van der Waals surface area contributed by atoms with Crippen molar-refractivity contribution in [1.29, 1.82) is 0 Å². The molecule has 1 aromatic heterocycles. The van der Waals surface area contributed by atoms with Gasteiger partial charge in [-0.25, -0.2) is 4.98 Å². The molecule has 16 heavy (non-hydrogen) atoms. The van der Waals surface area contributed by atoms with Crippen LogP contribution in [-0.4, -0.2) is 16.6 Å². The molecule has 0 saturated heterocycles. The van der Waals surface area contributed by atoms with Gasteiger partial charge >= 0.3 is 0 Å². The Hall–Kier alpha value is -1.61. The zero-order valence-electron chi connectivity index (χ0n) is 8.85. The predicted molar refractivity (Wildman–Crippen MR) is 63.6 cm³/mol. The molecule has 82 valence electrons. The second-order valence-corrected chi connectivity index (χ2v) is 3.57. The van der Waals surface area contributed by atoms with E-state index in [0.717, 1.165) is 17.0 Å². The molecule has 3 nitrogen and oxygen atoms in total. The topological polar surface area (TPSA) is 35.0 Å². The molecule has 0 aliphatic heterocycles. The van der Waals surface area contributed by atoms with Gasteiger partial charge in [-0.2, -0.15) is 0 Å². The number of hydrogen-bond donors (Lipinski definition) is 0. The summed E-state index contributed by atoms with van der Waals surface area (Å²) in [7, 11) is 0. The highest BCUT2D eigenvalue weighted by Gasteiger charge is 2.00. The van der Waals surface area contributed by atoms with Crippen molar-refractivity contribution in [2.24, 2.45) is 0 Å². The summed E-state index contributed by atoms with van der Waals surface area (Å²) < 4.78 is 5.36. The molecule has 0 radical (unpaired) electrons. The molecule has 0 spiro atoms. The van der Waals surface area contributed by atoms with Gasteiger partial charge in [-0.3, -0.25) is 4.98 Å². The van der Waals surface area contributed by atoms with Gasteiger partial charge in [-0.05, 0) is 31.2 Å². The van der Waals surface area contributed by atoms with Gasteiger partial charge < -0.3 is 4.74 Å². The number of hydrogen-bond acceptors (Lipinski definition) is 3. The minimum Gasteiger partial charge on any atom is -0.494 e. The third kappa shape index (κ3) is 2.49. The van der Waals surface area contributed by atoms with Crippen LogP contribution in [0, 0.1) is 0 Å². The highest BCUT2D eigenvalue weighted by Crippen LogP contribution is 2.20. The quantitative estimate of drug-likeness (QED) is 0.818. The average molecular weight is 235 g/mol. The molecule has 0 atom stereocenters. The SMILES string of the molecule is CCOc1ccc(-c2cnc(Cl)cn2)cc1. The van der Waals surface area contributed by atoms with Crippen LogP contribution in [-0.2, 0) is 0 Å². The highest BCUT2D eigenvalue weighted by molar-refractivity contribution is 6.29. The van der Waals surface area contributed by atoms with Crippen LogP contribution in [0.3, 0.4) is 0 Å². The van der Waals surface area contributed by atoms with E-state index in [9.17, 15) is 0 Å². The molecule has 0 bridgehead atoms. The molecule has 2 rings (SSSR count). The fourth-order valence-electron chi connectivity index (χ4n) is 1.35. The molecule has 0 amide bonds. The largest absolute Gasteiger partial charge is 0.494 e. The third-order valence-electron chi connectivity index (χ3n) is 2.08. The summed E-state index contributed by atoms with van der Waals surface area (Å²) in [6, 6.07) is 7.72. The van der Waals surface area contributed by atoms with Gasteiger partial charge in [0.2, 0.25) is 0 Å². The molecule has 0 aliphatic rings. The Morgan fingerprint density at radius 3 is 2.44 bits per heavy atom. The van der Waals surface area contributed by atoms with Crippen LogP contribution in [0.5, 0.6) is 5.75 Å². The Morgan fingerprint density at radius 1 is 1.12 bits per heavy atom. The van der Waals surface area contributed by atoms with Crippen molar-refractivity contribution in [1.82, 2.24) is 9.97 Å². The molecule has 0 aliphatic carbocycles. The fourth-order valence-corrected chi connectivity index (χ4v) is 1.45. The molecular formula is C12H11ClN2O. The van der Waals surface area contributed by atoms with Gasteiger partial charge in [0, 0.05) is 5.56 Å². The highest BCUT2D eigenvalue weighted by atomic mass is 35.5. The molecule has 0 N–H and O–H groups in total. The molecule has 2 aromatic rings. The minimum absolute atomic E-state index is 0.398. The van der Waals surface area contributed by atoms with E-state index in [1.807, 2.05) is 31.2 Å². The standard InChI is InChI=1S/C12H11ClN2O/c1-2-16-10-5-3-9(4-6-10)11-7-15-12(13)8-14-11/h3-8H,2H2,1H3. The maximum Gasteiger partial charge on any atom is 0.147 e. The molecule has 1 aromatic carbocycles. The molecule has 0 fully saturated rings. The van der Waals surface area contributed by atoms with Crippen LogP contribution in [0.1, 0.15) is 6.92 Å². The number of benzene rings is 1. The summed E-state index contributed by atoms with van der Waals surface area (Å²) in [4.78, 5) is 8.17. The summed E-state index contributed by atoms with van der Waals surface area (Å²) in [6.07, 6.45) is 3.19. The van der Waals surface area contributed by atoms with Gasteiger partial charge in [0.15, 0.2) is 0 Å². The fraction of sp³-hybridized carbons (Fsp3) is 0.167. The van der Waals surface area contributed by atoms with Gasteiger partial charge in [0.05, 0.1) is 24.7 Å². The lowest BCUT2D eigenvalue weighted by molar-refractivity contribution is 0.340. The lowest BCUT2D eigenvalue weighted by Crippen LogP contribution is -1.91. The maximum atomic E-state index is 5.67. The second-order valence-electron chi connectivity index (χ2n) is 3.18. The van der Waals surface area contributed by atoms with Crippen molar-refractivity contribution in [2.75, 3.05) is 6.61 Å². The first-order valence-electron chi connectivity index (χ1n) is 5.00. The first-order chi connectivity index (χ1) is 7.79. The normalized spacial score (nSPS) is 10.1. The van der Waals surface area contributed by atoms with E-state index in [4.69, 9.17) is 16.3 Å². The van der Waals surface area contributed by atoms with Crippen molar-refractivity contribution < 1.29 is 4.74 Å². The van der Waals surface area contributed by atoms with Crippen LogP contribution in [0.2, 0.25) is 5.15 Å². The smallest absolute Gasteiger partial charge is 0.147 e. The zero-order chi connectivity index (χ0) is 11.4. The predicted octanol–water partition coefficient (Wildman–Crippen LogP) is 3.20. The summed E-state index contributed by atoms with van der Waals surface area (Å²) in [6.45, 7) is 2.62. The van der Waals surface area contributed by atoms with Gasteiger partial charge in [0.1, 0.15) is 10.9 Å². The van der Waals surface area contributed by atoms with E-state index in [-0.39, 0.29) is 0 Å². The average Bonchev–Trinajstić information content (AvgIpc) is 2.32. The minimum atomic E-state index is 0.398. The molecular weight excluding hydrogens is 224 g/mol. The number of halogens is 1. The Balaban J connectivity index is 2.24. The zero-order valence-corrected chi connectivity index (χ0v) is 9.61. The summed E-state index contributed by atoms with van der Waals surface area (Å²) in [5.41, 5.74) is 1.79. The maximum absolute atomic E-state index is 5.67. The number of nitrogens with zero attached hydrogens (tertiary/aromatic N) is 2. The number of ether oxygens (including phenoxy) is 1. The molecule has 1 heterocycles. The first kappa shape index (κ1) is 10.9. The molecule has 4 heteroatoms. The number of aromatic nitrogens is 2. The van der Waals surface area contributed by atoms with Crippen LogP contribution >= 0.6 is 11.6 Å². The number of rotatable bonds is 3. The summed E-state index contributed by atoms with van der Waals surface area (Å²) >= 11 is 5.67. The van der Waals surface area contributed by atoms with Crippen molar-refractivity contribution in [3.05, 3.63) is 41.8 Å². The van der Waals surface area contributed by atoms with E-state index in [1.165, 1.54) is 6.20 Å². The Labute approximate surface area is 99.1 Å². The van der Waals surface area contributed by atoms with E-state index in [2.05, 4.69) is 9.97 Å². The molecule has 0 unspecified atom stereocenters. The lowest BCUT2D eigenvalue weighted by atomic mass is 10.1.